The van der Waals surface area contributed by atoms with Crippen molar-refractivity contribution in [1.82, 2.24) is 10.3 Å². The van der Waals surface area contributed by atoms with E-state index >= 15 is 0 Å². The van der Waals surface area contributed by atoms with Crippen LogP contribution in [-0.4, -0.2) is 16.9 Å². The molecule has 1 aromatic heterocycles. The van der Waals surface area contributed by atoms with Gasteiger partial charge in [0.25, 0.3) is 5.91 Å². The quantitative estimate of drug-likeness (QED) is 0.859. The molecule has 0 unspecified atom stereocenters. The van der Waals surface area contributed by atoms with Crippen LogP contribution in [0.5, 0.6) is 0 Å². The van der Waals surface area contributed by atoms with Crippen molar-refractivity contribution in [3.05, 3.63) is 41.6 Å². The van der Waals surface area contributed by atoms with E-state index in [0.717, 1.165) is 39.9 Å². The van der Waals surface area contributed by atoms with Crippen LogP contribution in [0.2, 0.25) is 0 Å². The lowest BCUT2D eigenvalue weighted by molar-refractivity contribution is -0.0687. The van der Waals surface area contributed by atoms with Gasteiger partial charge in [-0.2, -0.15) is 0 Å². The van der Waals surface area contributed by atoms with Crippen LogP contribution in [0.3, 0.4) is 0 Å². The highest BCUT2D eigenvalue weighted by Crippen LogP contribution is 2.61. The molecule has 3 heteroatoms. The Morgan fingerprint density at radius 3 is 2.38 bits per heavy atom. The molecule has 4 fully saturated rings. The van der Waals surface area contributed by atoms with Crippen molar-refractivity contribution in [1.29, 1.82) is 0 Å². The standard InChI is InChI=1S/C23H28N2O/c1-14-7-20(19-5-3-4-6-21(19)24-14)22(26)25-15(2)23-11-16-8-17(12-23)10-18(9-16)13-23/h3-7,15-18H,8-13H2,1-2H3,(H,25,26)/t15-,16?,17?,18?,23?/m0/s1. The van der Waals surface area contributed by atoms with Gasteiger partial charge in [-0.15, -0.1) is 0 Å². The van der Waals surface area contributed by atoms with Crippen molar-refractivity contribution in [3.63, 3.8) is 0 Å². The molecule has 1 aromatic carbocycles. The van der Waals surface area contributed by atoms with Crippen LogP contribution in [0, 0.1) is 30.1 Å². The number of hydrogen-bond acceptors (Lipinski definition) is 2. The zero-order chi connectivity index (χ0) is 17.9. The molecular weight excluding hydrogens is 320 g/mol. The van der Waals surface area contributed by atoms with Crippen molar-refractivity contribution >= 4 is 16.8 Å². The number of para-hydroxylation sites is 1. The molecule has 0 radical (unpaired) electrons. The second-order valence-corrected chi connectivity index (χ2v) is 9.30. The molecule has 0 aliphatic heterocycles. The van der Waals surface area contributed by atoms with Crippen molar-refractivity contribution in [2.75, 3.05) is 0 Å². The smallest absolute Gasteiger partial charge is 0.252 e. The summed E-state index contributed by atoms with van der Waals surface area (Å²) in [7, 11) is 0. The summed E-state index contributed by atoms with van der Waals surface area (Å²) in [6.07, 6.45) is 8.26. The number of rotatable bonds is 3. The van der Waals surface area contributed by atoms with Gasteiger partial charge >= 0.3 is 0 Å². The number of nitrogens with zero attached hydrogens (tertiary/aromatic N) is 1. The van der Waals surface area contributed by atoms with E-state index in [1.807, 2.05) is 37.3 Å². The van der Waals surface area contributed by atoms with Gasteiger partial charge in [0.15, 0.2) is 0 Å². The van der Waals surface area contributed by atoms with E-state index in [1.165, 1.54) is 38.5 Å². The SMILES string of the molecule is Cc1cc(C(=O)N[C@@H](C)C23CC4CC(CC(C4)C2)C3)c2ccccc2n1. The summed E-state index contributed by atoms with van der Waals surface area (Å²) in [6, 6.07) is 10.1. The minimum atomic E-state index is 0.0648. The first kappa shape index (κ1) is 16.3. The van der Waals surface area contributed by atoms with Gasteiger partial charge in [0.2, 0.25) is 0 Å². The summed E-state index contributed by atoms with van der Waals surface area (Å²) in [5.74, 6) is 2.79. The van der Waals surface area contributed by atoms with E-state index in [9.17, 15) is 4.79 Å². The Morgan fingerprint density at radius 1 is 1.12 bits per heavy atom. The molecule has 26 heavy (non-hydrogen) atoms. The van der Waals surface area contributed by atoms with Gasteiger partial charge in [-0.25, -0.2) is 0 Å². The molecule has 4 aliphatic carbocycles. The number of carbonyl (C=O) groups excluding carboxylic acids is 1. The number of nitrogens with one attached hydrogen (secondary N) is 1. The monoisotopic (exact) mass is 348 g/mol. The third-order valence-electron chi connectivity index (χ3n) is 7.44. The molecule has 0 spiro atoms. The maximum Gasteiger partial charge on any atom is 0.252 e. The first-order valence-corrected chi connectivity index (χ1v) is 10.2. The number of pyridine rings is 1. The predicted molar refractivity (Wildman–Crippen MR) is 104 cm³/mol. The summed E-state index contributed by atoms with van der Waals surface area (Å²) in [5.41, 5.74) is 2.91. The highest BCUT2D eigenvalue weighted by molar-refractivity contribution is 6.06. The molecule has 3 nitrogen and oxygen atoms in total. The lowest BCUT2D eigenvalue weighted by Crippen LogP contribution is -2.55. The van der Waals surface area contributed by atoms with Gasteiger partial charge in [-0.3, -0.25) is 9.78 Å². The first-order chi connectivity index (χ1) is 12.5. The second-order valence-electron chi connectivity index (χ2n) is 9.30. The van der Waals surface area contributed by atoms with Crippen LogP contribution in [0.1, 0.15) is 61.5 Å². The molecule has 1 N–H and O–H groups in total. The Bertz CT molecular complexity index is 836. The normalized spacial score (nSPS) is 33.4. The third-order valence-corrected chi connectivity index (χ3v) is 7.44. The van der Waals surface area contributed by atoms with Crippen molar-refractivity contribution in [2.45, 2.75) is 58.4 Å². The molecule has 6 rings (SSSR count). The van der Waals surface area contributed by atoms with Gasteiger partial charge in [0.05, 0.1) is 11.1 Å². The van der Waals surface area contributed by atoms with E-state index in [1.54, 1.807) is 0 Å². The number of benzene rings is 1. The van der Waals surface area contributed by atoms with E-state index in [4.69, 9.17) is 0 Å². The van der Waals surface area contributed by atoms with Gasteiger partial charge in [0.1, 0.15) is 0 Å². The van der Waals surface area contributed by atoms with Gasteiger partial charge in [0, 0.05) is 17.1 Å². The topological polar surface area (TPSA) is 42.0 Å². The predicted octanol–water partition coefficient (Wildman–Crippen LogP) is 4.88. The number of hydrogen-bond donors (Lipinski definition) is 1. The van der Waals surface area contributed by atoms with Gasteiger partial charge in [-0.05, 0) is 87.7 Å². The average Bonchev–Trinajstić information content (AvgIpc) is 2.59. The third kappa shape index (κ3) is 2.55. The zero-order valence-electron chi connectivity index (χ0n) is 15.8. The van der Waals surface area contributed by atoms with E-state index < -0.39 is 0 Å². The summed E-state index contributed by atoms with van der Waals surface area (Å²) in [5, 5.41) is 4.36. The van der Waals surface area contributed by atoms with E-state index in [0.29, 0.717) is 5.41 Å². The molecule has 4 bridgehead atoms. The fourth-order valence-electron chi connectivity index (χ4n) is 6.63. The molecule has 2 aromatic rings. The molecular formula is C23H28N2O. The average molecular weight is 348 g/mol. The molecule has 1 atom stereocenters. The van der Waals surface area contributed by atoms with E-state index in [-0.39, 0.29) is 11.9 Å². The molecule has 1 heterocycles. The maximum absolute atomic E-state index is 13.2. The van der Waals surface area contributed by atoms with Crippen LogP contribution < -0.4 is 5.32 Å². The van der Waals surface area contributed by atoms with Crippen LogP contribution in [0.25, 0.3) is 10.9 Å². The van der Waals surface area contributed by atoms with Crippen molar-refractivity contribution in [2.24, 2.45) is 23.2 Å². The highest BCUT2D eigenvalue weighted by atomic mass is 16.1. The summed E-state index contributed by atoms with van der Waals surface area (Å²) < 4.78 is 0. The number of aromatic nitrogens is 1. The zero-order valence-corrected chi connectivity index (χ0v) is 15.8. The summed E-state index contributed by atoms with van der Waals surface area (Å²) >= 11 is 0. The van der Waals surface area contributed by atoms with Crippen LogP contribution in [0.15, 0.2) is 30.3 Å². The number of fused-ring (bicyclic) bond motifs is 1. The number of aryl methyl sites for hydroxylation is 1. The first-order valence-electron chi connectivity index (χ1n) is 10.2. The second kappa shape index (κ2) is 5.80. The van der Waals surface area contributed by atoms with Crippen LogP contribution in [-0.2, 0) is 0 Å². The molecule has 0 saturated heterocycles. The number of carbonyl (C=O) groups is 1. The maximum atomic E-state index is 13.2. The van der Waals surface area contributed by atoms with E-state index in [2.05, 4.69) is 17.2 Å². The fourth-order valence-corrected chi connectivity index (χ4v) is 6.63. The van der Waals surface area contributed by atoms with Gasteiger partial charge < -0.3 is 5.32 Å². The van der Waals surface area contributed by atoms with Crippen molar-refractivity contribution < 1.29 is 4.79 Å². The Hall–Kier alpha value is -1.90. The minimum absolute atomic E-state index is 0.0648. The lowest BCUT2D eigenvalue weighted by Gasteiger charge is -2.59. The minimum Gasteiger partial charge on any atom is -0.349 e. The highest BCUT2D eigenvalue weighted by Gasteiger charge is 2.53. The van der Waals surface area contributed by atoms with Gasteiger partial charge in [-0.1, -0.05) is 18.2 Å². The molecule has 1 amide bonds. The fraction of sp³-hybridized carbons (Fsp3) is 0.565. The Balaban J connectivity index is 1.42. The van der Waals surface area contributed by atoms with Crippen molar-refractivity contribution in [3.8, 4) is 0 Å². The number of amides is 1. The largest absolute Gasteiger partial charge is 0.349 e. The summed E-state index contributed by atoms with van der Waals surface area (Å²) in [4.78, 5) is 17.7. The molecule has 136 valence electrons. The van der Waals surface area contributed by atoms with Crippen LogP contribution >= 0.6 is 0 Å². The Labute approximate surface area is 155 Å². The molecule has 4 aliphatic rings. The summed E-state index contributed by atoms with van der Waals surface area (Å²) in [6.45, 7) is 4.22. The Morgan fingerprint density at radius 2 is 1.73 bits per heavy atom. The molecule has 4 saturated carbocycles. The van der Waals surface area contributed by atoms with Crippen LogP contribution in [0.4, 0.5) is 0 Å². The Kier molecular flexibility index (Phi) is 3.63. The lowest BCUT2D eigenvalue weighted by atomic mass is 9.48.